The summed E-state index contributed by atoms with van der Waals surface area (Å²) in [5.74, 6) is 0. The van der Waals surface area contributed by atoms with Crippen LogP contribution in [-0.2, 0) is 13.1 Å². The Morgan fingerprint density at radius 1 is 1.40 bits per heavy atom. The van der Waals surface area contributed by atoms with Crippen molar-refractivity contribution in [2.75, 3.05) is 0 Å². The third-order valence-corrected chi connectivity index (χ3v) is 3.15. The van der Waals surface area contributed by atoms with Crippen LogP contribution < -0.4 is 5.32 Å². The first-order valence-corrected chi connectivity index (χ1v) is 5.58. The molecule has 5 heteroatoms. The van der Waals surface area contributed by atoms with E-state index in [2.05, 4.69) is 15.3 Å². The minimum atomic E-state index is 0.729. The van der Waals surface area contributed by atoms with Crippen molar-refractivity contribution in [2.45, 2.75) is 26.9 Å². The van der Waals surface area contributed by atoms with Crippen LogP contribution >= 0.6 is 11.3 Å². The van der Waals surface area contributed by atoms with Crippen LogP contribution in [0.1, 0.15) is 21.3 Å². The van der Waals surface area contributed by atoms with E-state index in [1.54, 1.807) is 17.6 Å². The number of nitrogens with one attached hydrogen (secondary N) is 1. The molecule has 2 heterocycles. The fraction of sp³-hybridized carbons (Fsp3) is 0.400. The van der Waals surface area contributed by atoms with E-state index in [1.165, 1.54) is 11.3 Å². The molecule has 2 rings (SSSR count). The van der Waals surface area contributed by atoms with Crippen molar-refractivity contribution < 1.29 is 4.42 Å². The van der Waals surface area contributed by atoms with Crippen molar-refractivity contribution in [2.24, 2.45) is 0 Å². The van der Waals surface area contributed by atoms with E-state index >= 15 is 0 Å². The van der Waals surface area contributed by atoms with Gasteiger partial charge in [-0.3, -0.25) is 0 Å². The summed E-state index contributed by atoms with van der Waals surface area (Å²) in [5, 5.41) is 4.42. The molecule has 4 nitrogen and oxygen atoms in total. The SMILES string of the molecule is Cc1nc(C)c(CNCc2cocn2)s1. The molecule has 0 fully saturated rings. The van der Waals surface area contributed by atoms with E-state index in [0.717, 1.165) is 29.5 Å². The standard InChI is InChI=1S/C10H13N3OS/c1-7-10(15-8(2)13-7)4-11-3-9-5-14-6-12-9/h5-6,11H,3-4H2,1-2H3. The first kappa shape index (κ1) is 10.3. The Bertz CT molecular complexity index is 422. The summed E-state index contributed by atoms with van der Waals surface area (Å²) in [7, 11) is 0. The van der Waals surface area contributed by atoms with Gasteiger partial charge >= 0.3 is 0 Å². The number of thiazole rings is 1. The average molecular weight is 223 g/mol. The first-order valence-electron chi connectivity index (χ1n) is 4.76. The second kappa shape index (κ2) is 4.55. The summed E-state index contributed by atoms with van der Waals surface area (Å²) in [6, 6.07) is 0. The van der Waals surface area contributed by atoms with Gasteiger partial charge in [-0.25, -0.2) is 9.97 Å². The summed E-state index contributed by atoms with van der Waals surface area (Å²) in [6.45, 7) is 5.63. The van der Waals surface area contributed by atoms with Crippen LogP contribution in [0, 0.1) is 13.8 Å². The van der Waals surface area contributed by atoms with Gasteiger partial charge in [0.25, 0.3) is 0 Å². The molecule has 0 radical (unpaired) electrons. The van der Waals surface area contributed by atoms with Crippen molar-refractivity contribution in [3.05, 3.63) is 33.9 Å². The zero-order valence-electron chi connectivity index (χ0n) is 8.78. The van der Waals surface area contributed by atoms with Crippen LogP contribution in [0.3, 0.4) is 0 Å². The Balaban J connectivity index is 1.86. The maximum Gasteiger partial charge on any atom is 0.180 e. The Labute approximate surface area is 92.4 Å². The third-order valence-electron chi connectivity index (χ3n) is 2.07. The van der Waals surface area contributed by atoms with Gasteiger partial charge in [-0.05, 0) is 13.8 Å². The Morgan fingerprint density at radius 2 is 2.27 bits per heavy atom. The lowest BCUT2D eigenvalue weighted by Gasteiger charge is -1.99. The average Bonchev–Trinajstić information content (AvgIpc) is 2.77. The molecule has 0 saturated heterocycles. The quantitative estimate of drug-likeness (QED) is 0.861. The van der Waals surface area contributed by atoms with Crippen LogP contribution in [0.2, 0.25) is 0 Å². The van der Waals surface area contributed by atoms with Crippen LogP contribution in [0.5, 0.6) is 0 Å². The van der Waals surface area contributed by atoms with Crippen LogP contribution in [0.15, 0.2) is 17.1 Å². The normalized spacial score (nSPS) is 10.8. The number of hydrogen-bond donors (Lipinski definition) is 1. The predicted molar refractivity (Wildman–Crippen MR) is 58.6 cm³/mol. The third kappa shape index (κ3) is 2.64. The van der Waals surface area contributed by atoms with Gasteiger partial charge in [0.15, 0.2) is 6.39 Å². The van der Waals surface area contributed by atoms with E-state index in [-0.39, 0.29) is 0 Å². The van der Waals surface area contributed by atoms with Gasteiger partial charge in [-0.2, -0.15) is 0 Å². The summed E-state index contributed by atoms with van der Waals surface area (Å²) < 4.78 is 4.88. The molecule has 0 atom stereocenters. The summed E-state index contributed by atoms with van der Waals surface area (Å²) in [5.41, 5.74) is 2.04. The Kier molecular flexibility index (Phi) is 3.13. The number of aryl methyl sites for hydroxylation is 2. The fourth-order valence-electron chi connectivity index (χ4n) is 1.37. The highest BCUT2D eigenvalue weighted by Gasteiger charge is 2.04. The van der Waals surface area contributed by atoms with Crippen molar-refractivity contribution in [1.82, 2.24) is 15.3 Å². The molecule has 0 amide bonds. The molecule has 0 unspecified atom stereocenters. The van der Waals surface area contributed by atoms with Gasteiger partial charge in [0, 0.05) is 18.0 Å². The van der Waals surface area contributed by atoms with Gasteiger partial charge in [-0.1, -0.05) is 0 Å². The Hall–Kier alpha value is -1.20. The van der Waals surface area contributed by atoms with Crippen molar-refractivity contribution in [3.8, 4) is 0 Å². The molecule has 1 N–H and O–H groups in total. The van der Waals surface area contributed by atoms with Crippen LogP contribution in [0.25, 0.3) is 0 Å². The van der Waals surface area contributed by atoms with E-state index in [0.29, 0.717) is 0 Å². The zero-order valence-corrected chi connectivity index (χ0v) is 9.60. The monoisotopic (exact) mass is 223 g/mol. The molecule has 0 aliphatic carbocycles. The highest BCUT2D eigenvalue weighted by atomic mass is 32.1. The molecule has 0 spiro atoms. The number of rotatable bonds is 4. The van der Waals surface area contributed by atoms with Crippen molar-refractivity contribution in [3.63, 3.8) is 0 Å². The summed E-state index contributed by atoms with van der Waals surface area (Å²) in [6.07, 6.45) is 3.09. The first-order chi connectivity index (χ1) is 7.25. The van der Waals surface area contributed by atoms with E-state index in [1.807, 2.05) is 13.8 Å². The molecular weight excluding hydrogens is 210 g/mol. The number of oxazole rings is 1. The molecule has 2 aromatic rings. The van der Waals surface area contributed by atoms with Gasteiger partial charge in [0.1, 0.15) is 6.26 Å². The molecule has 2 aromatic heterocycles. The topological polar surface area (TPSA) is 51.0 Å². The molecule has 0 aromatic carbocycles. The largest absolute Gasteiger partial charge is 0.451 e. The minimum Gasteiger partial charge on any atom is -0.451 e. The molecule has 0 aliphatic rings. The molecule has 80 valence electrons. The van der Waals surface area contributed by atoms with Crippen LogP contribution in [-0.4, -0.2) is 9.97 Å². The second-order valence-electron chi connectivity index (χ2n) is 3.32. The molecule has 0 saturated carbocycles. The maximum atomic E-state index is 4.88. The van der Waals surface area contributed by atoms with Crippen LogP contribution in [0.4, 0.5) is 0 Å². The summed E-state index contributed by atoms with van der Waals surface area (Å²) in [4.78, 5) is 9.69. The van der Waals surface area contributed by atoms with Crippen molar-refractivity contribution >= 4 is 11.3 Å². The minimum absolute atomic E-state index is 0.729. The Morgan fingerprint density at radius 3 is 2.87 bits per heavy atom. The molecule has 0 bridgehead atoms. The zero-order chi connectivity index (χ0) is 10.7. The van der Waals surface area contributed by atoms with E-state index in [4.69, 9.17) is 4.42 Å². The van der Waals surface area contributed by atoms with Crippen molar-refractivity contribution in [1.29, 1.82) is 0 Å². The predicted octanol–water partition coefficient (Wildman–Crippen LogP) is 2.04. The molecular formula is C10H13N3OS. The maximum absolute atomic E-state index is 4.88. The lowest BCUT2D eigenvalue weighted by molar-refractivity contribution is 0.554. The lowest BCUT2D eigenvalue weighted by atomic mass is 10.4. The smallest absolute Gasteiger partial charge is 0.180 e. The van der Waals surface area contributed by atoms with Gasteiger partial charge in [0.05, 0.1) is 16.4 Å². The van der Waals surface area contributed by atoms with E-state index < -0.39 is 0 Å². The summed E-state index contributed by atoms with van der Waals surface area (Å²) >= 11 is 1.73. The fourth-order valence-corrected chi connectivity index (χ4v) is 2.27. The van der Waals surface area contributed by atoms with Gasteiger partial charge in [-0.15, -0.1) is 11.3 Å². The van der Waals surface area contributed by atoms with Gasteiger partial charge in [0.2, 0.25) is 0 Å². The number of hydrogen-bond acceptors (Lipinski definition) is 5. The number of nitrogens with zero attached hydrogens (tertiary/aromatic N) is 2. The highest BCUT2D eigenvalue weighted by Crippen LogP contribution is 2.16. The van der Waals surface area contributed by atoms with Gasteiger partial charge < -0.3 is 9.73 Å². The number of aromatic nitrogens is 2. The molecule has 0 aliphatic heterocycles. The highest BCUT2D eigenvalue weighted by molar-refractivity contribution is 7.11. The lowest BCUT2D eigenvalue weighted by Crippen LogP contribution is -2.12. The van der Waals surface area contributed by atoms with E-state index in [9.17, 15) is 0 Å². The second-order valence-corrected chi connectivity index (χ2v) is 4.61. The molecule has 15 heavy (non-hydrogen) atoms.